The van der Waals surface area contributed by atoms with Crippen LogP contribution in [0.3, 0.4) is 0 Å². The van der Waals surface area contributed by atoms with E-state index >= 15 is 0 Å². The molecule has 0 saturated heterocycles. The molecule has 0 radical (unpaired) electrons. The highest BCUT2D eigenvalue weighted by Crippen LogP contribution is 2.34. The number of sulfonamides is 1. The number of benzene rings is 1. The van der Waals surface area contributed by atoms with Gasteiger partial charge in [-0.05, 0) is 37.5 Å². The van der Waals surface area contributed by atoms with Gasteiger partial charge in [-0.2, -0.15) is 13.1 Å². The van der Waals surface area contributed by atoms with E-state index in [0.29, 0.717) is 23.4 Å². The number of carbonyl (C=O) groups excluding carboxylic acids is 1. The average molecular weight is 500 g/mol. The predicted octanol–water partition coefficient (Wildman–Crippen LogP) is 1.96. The Morgan fingerprint density at radius 1 is 1.30 bits per heavy atom. The van der Waals surface area contributed by atoms with E-state index in [2.05, 4.69) is 9.44 Å². The van der Waals surface area contributed by atoms with E-state index in [1.807, 2.05) is 0 Å². The minimum Gasteiger partial charge on any atom is -0.463 e. The molecule has 1 unspecified atom stereocenters. The van der Waals surface area contributed by atoms with E-state index in [1.165, 1.54) is 18.3 Å². The van der Waals surface area contributed by atoms with Crippen LogP contribution in [0.5, 0.6) is 0 Å². The number of carbonyl (C=O) groups is 1. The molecule has 1 atom stereocenters. The molecule has 1 heterocycles. The fourth-order valence-corrected chi connectivity index (χ4v) is 5.11. The van der Waals surface area contributed by atoms with Crippen molar-refractivity contribution >= 4 is 49.4 Å². The monoisotopic (exact) mass is 499 g/mol. The van der Waals surface area contributed by atoms with E-state index < -0.39 is 32.2 Å². The topological polar surface area (TPSA) is 122 Å². The van der Waals surface area contributed by atoms with Gasteiger partial charge < -0.3 is 4.74 Å². The number of unbranched alkanes of at least 4 members (excludes halogenated alkanes) is 1. The van der Waals surface area contributed by atoms with Crippen molar-refractivity contribution in [1.82, 2.24) is 13.7 Å². The molecule has 2 N–H and O–H groups in total. The first-order valence-corrected chi connectivity index (χ1v) is 13.1. The molecule has 0 bridgehead atoms. The summed E-state index contributed by atoms with van der Waals surface area (Å²) in [4.78, 5) is 12.5. The first kappa shape index (κ1) is 24.9. The Kier molecular flexibility index (Phi) is 8.54. The van der Waals surface area contributed by atoms with Gasteiger partial charge in [0.1, 0.15) is 0 Å². The lowest BCUT2D eigenvalue weighted by molar-refractivity contribution is -0.139. The lowest BCUT2D eigenvalue weighted by atomic mass is 10.00. The number of rotatable bonds is 9. The van der Waals surface area contributed by atoms with Crippen LogP contribution in [0.2, 0.25) is 10.0 Å². The van der Waals surface area contributed by atoms with Gasteiger partial charge in [0.15, 0.2) is 0 Å². The van der Waals surface area contributed by atoms with Gasteiger partial charge in [0.25, 0.3) is 0 Å². The lowest BCUT2D eigenvalue weighted by Gasteiger charge is -2.32. The van der Waals surface area contributed by atoms with E-state index in [-0.39, 0.29) is 30.3 Å². The van der Waals surface area contributed by atoms with Crippen LogP contribution < -0.4 is 9.44 Å². The molecule has 0 aromatic heterocycles. The summed E-state index contributed by atoms with van der Waals surface area (Å²) in [6.07, 6.45) is 3.04. The van der Waals surface area contributed by atoms with E-state index in [1.54, 1.807) is 13.0 Å². The zero-order valence-electron chi connectivity index (χ0n) is 16.4. The number of nitrogens with zero attached hydrogens (tertiary/aromatic N) is 1. The summed E-state index contributed by atoms with van der Waals surface area (Å²) in [6, 6.07) is 3.50. The summed E-state index contributed by atoms with van der Waals surface area (Å²) in [5.74, 6) is -0.681. The third-order valence-electron chi connectivity index (χ3n) is 4.12. The van der Waals surface area contributed by atoms with Crippen molar-refractivity contribution in [2.75, 3.05) is 26.0 Å². The predicted molar refractivity (Wildman–Crippen MR) is 115 cm³/mol. The number of ether oxygens (including phenoxy) is 1. The van der Waals surface area contributed by atoms with Crippen molar-refractivity contribution in [2.45, 2.75) is 25.8 Å². The van der Waals surface area contributed by atoms with Crippen LogP contribution in [0.25, 0.3) is 0 Å². The maximum absolute atomic E-state index is 12.7. The molecule has 0 fully saturated rings. The minimum atomic E-state index is -3.98. The average Bonchev–Trinajstić information content (AvgIpc) is 2.61. The molecular weight excluding hydrogens is 477 g/mol. The van der Waals surface area contributed by atoms with Gasteiger partial charge in [-0.25, -0.2) is 17.9 Å². The van der Waals surface area contributed by atoms with Crippen LogP contribution in [0, 0.1) is 0 Å². The van der Waals surface area contributed by atoms with Crippen molar-refractivity contribution in [3.63, 3.8) is 0 Å². The summed E-state index contributed by atoms with van der Waals surface area (Å²) < 4.78 is 58.5. The van der Waals surface area contributed by atoms with Gasteiger partial charge in [0.2, 0.25) is 10.0 Å². The van der Waals surface area contributed by atoms with Gasteiger partial charge >= 0.3 is 16.2 Å². The molecule has 1 aromatic carbocycles. The third-order valence-corrected chi connectivity index (χ3v) is 6.85. The molecule has 2 rings (SSSR count). The Labute approximate surface area is 186 Å². The zero-order valence-corrected chi connectivity index (χ0v) is 19.5. The summed E-state index contributed by atoms with van der Waals surface area (Å²) >= 11 is 12.1. The van der Waals surface area contributed by atoms with E-state index in [9.17, 15) is 21.6 Å². The molecular formula is C17H23Cl2N3O6S2. The largest absolute Gasteiger partial charge is 0.463 e. The Morgan fingerprint density at radius 2 is 2.00 bits per heavy atom. The molecule has 1 aliphatic heterocycles. The zero-order chi connectivity index (χ0) is 22.5. The Bertz CT molecular complexity index is 1030. The summed E-state index contributed by atoms with van der Waals surface area (Å²) in [5, 5.41) is 0.569. The van der Waals surface area contributed by atoms with Crippen LogP contribution >= 0.6 is 23.2 Å². The molecule has 1 aromatic rings. The summed E-state index contributed by atoms with van der Waals surface area (Å²) in [6.45, 7) is 1.98. The van der Waals surface area contributed by atoms with Crippen LogP contribution in [0.4, 0.5) is 0 Å². The van der Waals surface area contributed by atoms with Crippen molar-refractivity contribution < 1.29 is 26.4 Å². The Morgan fingerprint density at radius 3 is 2.60 bits per heavy atom. The molecule has 0 aliphatic carbocycles. The van der Waals surface area contributed by atoms with E-state index in [4.69, 9.17) is 27.9 Å². The molecule has 13 heteroatoms. The van der Waals surface area contributed by atoms with Gasteiger partial charge in [0.05, 0.1) is 24.5 Å². The number of esters is 1. The molecule has 30 heavy (non-hydrogen) atoms. The second-order valence-electron chi connectivity index (χ2n) is 6.51. The molecule has 0 spiro atoms. The van der Waals surface area contributed by atoms with Crippen molar-refractivity contribution in [2.24, 2.45) is 0 Å². The Balaban J connectivity index is 2.27. The van der Waals surface area contributed by atoms with Crippen LogP contribution in [-0.2, 0) is 29.8 Å². The lowest BCUT2D eigenvalue weighted by Crippen LogP contribution is -2.46. The van der Waals surface area contributed by atoms with Gasteiger partial charge in [-0.3, -0.25) is 4.31 Å². The van der Waals surface area contributed by atoms with Crippen LogP contribution in [0.15, 0.2) is 30.0 Å². The number of nitrogens with one attached hydrogen (secondary N) is 2. The van der Waals surface area contributed by atoms with Gasteiger partial charge in [-0.15, -0.1) is 0 Å². The normalized spacial score (nSPS) is 18.7. The second kappa shape index (κ2) is 10.3. The van der Waals surface area contributed by atoms with Gasteiger partial charge in [-0.1, -0.05) is 29.3 Å². The maximum atomic E-state index is 12.7. The summed E-state index contributed by atoms with van der Waals surface area (Å²) in [7, 11) is -7.29. The highest BCUT2D eigenvalue weighted by atomic mass is 35.5. The van der Waals surface area contributed by atoms with Crippen LogP contribution in [-0.4, -0.2) is 53.1 Å². The quantitative estimate of drug-likeness (QED) is 0.395. The fraction of sp³-hybridized carbons (Fsp3) is 0.471. The van der Waals surface area contributed by atoms with Crippen LogP contribution in [0.1, 0.15) is 31.4 Å². The first-order chi connectivity index (χ1) is 13.9. The molecule has 168 valence electrons. The summed E-state index contributed by atoms with van der Waals surface area (Å²) in [5.41, 5.74) is 0.436. The standard InChI is InChI=1S/C17H23Cl2N3O6S2/c1-3-28-17(23)14-11-22(9-5-4-8-20-29(2,24)25)30(26,27)21-16(14)13-7-6-12(18)10-15(13)19/h6-7,10-11,16,20-21H,3-5,8-9H2,1-2H3. The minimum absolute atomic E-state index is 0.0464. The number of halogens is 2. The maximum Gasteiger partial charge on any atom is 0.337 e. The fourth-order valence-electron chi connectivity index (χ4n) is 2.77. The van der Waals surface area contributed by atoms with E-state index in [0.717, 1.165) is 10.6 Å². The highest BCUT2D eigenvalue weighted by molar-refractivity contribution is 7.88. The smallest absolute Gasteiger partial charge is 0.337 e. The van der Waals surface area contributed by atoms with Crippen molar-refractivity contribution in [3.05, 3.63) is 45.6 Å². The SMILES string of the molecule is CCOC(=O)C1=CN(CCCCNS(C)(=O)=O)S(=O)(=O)NC1c1ccc(Cl)cc1Cl. The number of hydrogen-bond donors (Lipinski definition) is 2. The highest BCUT2D eigenvalue weighted by Gasteiger charge is 2.37. The molecule has 0 saturated carbocycles. The van der Waals surface area contributed by atoms with Gasteiger partial charge in [0, 0.05) is 29.3 Å². The van der Waals surface area contributed by atoms with Crippen molar-refractivity contribution in [1.29, 1.82) is 0 Å². The number of hydrogen-bond acceptors (Lipinski definition) is 6. The second-order valence-corrected chi connectivity index (χ2v) is 10.8. The van der Waals surface area contributed by atoms with Crippen molar-refractivity contribution in [3.8, 4) is 0 Å². The first-order valence-electron chi connectivity index (χ1n) is 9.02. The molecule has 0 amide bonds. The Hall–Kier alpha value is -1.37. The third kappa shape index (κ3) is 6.82. The molecule has 9 nitrogen and oxygen atoms in total. The molecule has 1 aliphatic rings.